The molecule has 13 heteroatoms. The van der Waals surface area contributed by atoms with Gasteiger partial charge in [0.15, 0.2) is 6.29 Å². The summed E-state index contributed by atoms with van der Waals surface area (Å²) in [4.78, 5) is 0. The van der Waals surface area contributed by atoms with Gasteiger partial charge in [-0.05, 0) is 35.4 Å². The molecule has 0 aromatic heterocycles. The van der Waals surface area contributed by atoms with Gasteiger partial charge >= 0.3 is 0 Å². The number of phenolic OH excluding ortho intramolecular Hbond substituents is 2. The molecule has 9 N–H and O–H groups in total. The number of aromatic hydroxyl groups is 2. The van der Waals surface area contributed by atoms with Crippen molar-refractivity contribution in [3.8, 4) is 17.2 Å². The van der Waals surface area contributed by atoms with Crippen LogP contribution in [0.4, 0.5) is 0 Å². The molecule has 2 heterocycles. The minimum Gasteiger partial charge on any atom is -0.508 e. The Hall–Kier alpha value is -2.82. The topological polar surface area (TPSA) is 219 Å². The highest BCUT2D eigenvalue weighted by molar-refractivity contribution is 5.71. The highest BCUT2D eigenvalue weighted by Gasteiger charge is 2.51. The Morgan fingerprint density at radius 2 is 1.21 bits per heavy atom. The average molecular weight is 553 g/mol. The zero-order valence-electron chi connectivity index (χ0n) is 20.5. The normalized spacial score (nSPS) is 35.3. The quantitative estimate of drug-likeness (QED) is 0.167. The van der Waals surface area contributed by atoms with Gasteiger partial charge in [0.05, 0.1) is 13.2 Å². The predicted molar refractivity (Wildman–Crippen MR) is 132 cm³/mol. The monoisotopic (exact) mass is 552 g/mol. The van der Waals surface area contributed by atoms with Crippen LogP contribution in [-0.2, 0) is 14.2 Å². The maximum absolute atomic E-state index is 10.7. The van der Waals surface area contributed by atoms with Crippen LogP contribution < -0.4 is 4.74 Å². The number of aliphatic hydroxyl groups excluding tert-OH is 7. The molecule has 0 aliphatic carbocycles. The van der Waals surface area contributed by atoms with E-state index >= 15 is 0 Å². The van der Waals surface area contributed by atoms with Crippen molar-refractivity contribution in [2.24, 2.45) is 0 Å². The first-order valence-corrected chi connectivity index (χ1v) is 12.2. The molecule has 0 saturated carbocycles. The third-order valence-electron chi connectivity index (χ3n) is 6.49. The van der Waals surface area contributed by atoms with Crippen LogP contribution in [0.15, 0.2) is 42.5 Å². The van der Waals surface area contributed by atoms with E-state index in [9.17, 15) is 46.0 Å². The molecule has 39 heavy (non-hydrogen) atoms. The summed E-state index contributed by atoms with van der Waals surface area (Å²) in [6.07, 6.45) is -12.0. The van der Waals surface area contributed by atoms with Crippen molar-refractivity contribution in [1.82, 2.24) is 0 Å². The maximum atomic E-state index is 10.7. The first-order valence-electron chi connectivity index (χ1n) is 12.2. The maximum Gasteiger partial charge on any atom is 0.229 e. The summed E-state index contributed by atoms with van der Waals surface area (Å²) in [6, 6.07) is 10.7. The first-order chi connectivity index (χ1) is 18.6. The van der Waals surface area contributed by atoms with E-state index in [1.165, 1.54) is 18.2 Å². The van der Waals surface area contributed by atoms with Crippen LogP contribution in [0.5, 0.6) is 17.2 Å². The van der Waals surface area contributed by atoms with Crippen LogP contribution in [0.25, 0.3) is 12.2 Å². The van der Waals surface area contributed by atoms with Gasteiger partial charge in [0.1, 0.15) is 66.1 Å². The van der Waals surface area contributed by atoms with Gasteiger partial charge in [-0.25, -0.2) is 0 Å². The van der Waals surface area contributed by atoms with Crippen LogP contribution in [0, 0.1) is 0 Å². The van der Waals surface area contributed by atoms with Crippen molar-refractivity contribution in [2.45, 2.75) is 61.4 Å². The third-order valence-corrected chi connectivity index (χ3v) is 6.49. The zero-order chi connectivity index (χ0) is 28.3. The number of phenols is 2. The first kappa shape index (κ1) is 29.2. The lowest BCUT2D eigenvalue weighted by atomic mass is 9.97. The van der Waals surface area contributed by atoms with Crippen LogP contribution in [0.1, 0.15) is 11.1 Å². The Kier molecular flexibility index (Phi) is 9.40. The Morgan fingerprint density at radius 3 is 1.82 bits per heavy atom. The molecular weight excluding hydrogens is 520 g/mol. The fourth-order valence-electron chi connectivity index (χ4n) is 4.35. The Morgan fingerprint density at radius 1 is 0.641 bits per heavy atom. The van der Waals surface area contributed by atoms with Crippen LogP contribution in [0.3, 0.4) is 0 Å². The number of ether oxygens (including phenoxy) is 4. The molecule has 4 rings (SSSR count). The van der Waals surface area contributed by atoms with Crippen molar-refractivity contribution in [2.75, 3.05) is 13.2 Å². The minimum atomic E-state index is -1.76. The molecule has 10 atom stereocenters. The van der Waals surface area contributed by atoms with Gasteiger partial charge < -0.3 is 64.9 Å². The summed E-state index contributed by atoms with van der Waals surface area (Å²) in [6.45, 7) is -1.37. The summed E-state index contributed by atoms with van der Waals surface area (Å²) in [5.41, 5.74) is 1.33. The molecule has 2 fully saturated rings. The van der Waals surface area contributed by atoms with E-state index in [-0.39, 0.29) is 17.2 Å². The Balaban J connectivity index is 1.40. The van der Waals surface area contributed by atoms with Crippen molar-refractivity contribution in [3.63, 3.8) is 0 Å². The van der Waals surface area contributed by atoms with E-state index in [4.69, 9.17) is 18.9 Å². The predicted octanol–water partition coefficient (Wildman–Crippen LogP) is -1.73. The second-order valence-electron chi connectivity index (χ2n) is 9.31. The van der Waals surface area contributed by atoms with Gasteiger partial charge in [0.25, 0.3) is 0 Å². The lowest BCUT2D eigenvalue weighted by Gasteiger charge is -2.45. The van der Waals surface area contributed by atoms with Crippen LogP contribution >= 0.6 is 0 Å². The number of hydrogen-bond donors (Lipinski definition) is 9. The molecule has 2 aromatic carbocycles. The molecule has 0 bridgehead atoms. The number of rotatable bonds is 8. The molecule has 0 amide bonds. The number of hydrogen-bond acceptors (Lipinski definition) is 13. The fraction of sp³-hybridized carbons (Fsp3) is 0.462. The second kappa shape index (κ2) is 12.6. The largest absolute Gasteiger partial charge is 0.508 e. The SMILES string of the molecule is OC[C@H]1O[C@@H](O[C@H]2[C@H](O)[C@@H](O)[C@H](Oc3ccc(/C=C/c4cc(O)cc(O)c4)cc3)O[C@@H]2CO)[C@H](O)[C@@H](O)[C@@H]1O. The van der Waals surface area contributed by atoms with Crippen LogP contribution in [-0.4, -0.2) is 121 Å². The zero-order valence-corrected chi connectivity index (χ0v) is 20.5. The number of benzene rings is 2. The van der Waals surface area contributed by atoms with Gasteiger partial charge in [0.2, 0.25) is 6.29 Å². The molecule has 0 unspecified atom stereocenters. The van der Waals surface area contributed by atoms with E-state index < -0.39 is 74.6 Å². The smallest absolute Gasteiger partial charge is 0.229 e. The third kappa shape index (κ3) is 6.67. The molecule has 0 radical (unpaired) electrons. The van der Waals surface area contributed by atoms with Crippen molar-refractivity contribution in [3.05, 3.63) is 53.6 Å². The summed E-state index contributed by atoms with van der Waals surface area (Å²) >= 11 is 0. The van der Waals surface area contributed by atoms with Crippen molar-refractivity contribution >= 4 is 12.2 Å². The molecular formula is C26H32O13. The summed E-state index contributed by atoms with van der Waals surface area (Å²) in [5.74, 6) is 0.116. The fourth-order valence-corrected chi connectivity index (χ4v) is 4.35. The van der Waals surface area contributed by atoms with Gasteiger partial charge in [0, 0.05) is 6.07 Å². The van der Waals surface area contributed by atoms with E-state index in [1.807, 2.05) is 0 Å². The highest BCUT2D eigenvalue weighted by Crippen LogP contribution is 2.30. The molecule has 2 aromatic rings. The molecule has 2 saturated heterocycles. The van der Waals surface area contributed by atoms with E-state index in [2.05, 4.69) is 0 Å². The second-order valence-corrected chi connectivity index (χ2v) is 9.31. The lowest BCUT2D eigenvalue weighted by molar-refractivity contribution is -0.352. The molecule has 13 nitrogen and oxygen atoms in total. The molecule has 214 valence electrons. The van der Waals surface area contributed by atoms with E-state index in [1.54, 1.807) is 36.4 Å². The summed E-state index contributed by atoms with van der Waals surface area (Å²) in [7, 11) is 0. The van der Waals surface area contributed by atoms with Crippen LogP contribution in [0.2, 0.25) is 0 Å². The van der Waals surface area contributed by atoms with E-state index in [0.29, 0.717) is 5.56 Å². The summed E-state index contributed by atoms with van der Waals surface area (Å²) < 4.78 is 22.1. The highest BCUT2D eigenvalue weighted by atomic mass is 16.7. The minimum absolute atomic E-state index is 0.0753. The molecule has 2 aliphatic rings. The molecule has 0 spiro atoms. The number of aliphatic hydroxyl groups is 7. The van der Waals surface area contributed by atoms with Gasteiger partial charge in [-0.15, -0.1) is 0 Å². The van der Waals surface area contributed by atoms with E-state index in [0.717, 1.165) is 5.56 Å². The average Bonchev–Trinajstić information content (AvgIpc) is 2.91. The molecule has 2 aliphatic heterocycles. The standard InChI is InChI=1S/C26H32O13/c27-10-17-19(31)20(32)22(34)26(37-17)39-24-18(11-28)38-25(23(35)21(24)33)36-16-5-3-12(4-6-16)1-2-13-7-14(29)9-15(30)8-13/h1-9,17-35H,10-11H2/b2-1+/t17-,18-,19-,20+,21-,22-,23-,24-,25-,26+/m1/s1. The van der Waals surface area contributed by atoms with Crippen molar-refractivity contribution < 1.29 is 64.9 Å². The summed E-state index contributed by atoms with van der Waals surface area (Å²) in [5, 5.41) is 89.8. The lowest BCUT2D eigenvalue weighted by Crippen LogP contribution is -2.65. The van der Waals surface area contributed by atoms with Gasteiger partial charge in [-0.1, -0.05) is 24.3 Å². The van der Waals surface area contributed by atoms with Gasteiger partial charge in [-0.2, -0.15) is 0 Å². The van der Waals surface area contributed by atoms with Gasteiger partial charge in [-0.3, -0.25) is 0 Å². The Bertz CT molecular complexity index is 1090. The Labute approximate surface area is 222 Å². The van der Waals surface area contributed by atoms with Crippen molar-refractivity contribution in [1.29, 1.82) is 0 Å².